The second kappa shape index (κ2) is 6.10. The van der Waals surface area contributed by atoms with E-state index in [-0.39, 0.29) is 24.1 Å². The summed E-state index contributed by atoms with van der Waals surface area (Å²) in [4.78, 5) is 18.3. The van der Waals surface area contributed by atoms with Crippen LogP contribution in [0.5, 0.6) is 0 Å². The van der Waals surface area contributed by atoms with E-state index in [9.17, 15) is 9.90 Å². The molecular formula is C14H23N3O2S. The number of aliphatic hydroxyl groups excluding tert-OH is 1. The van der Waals surface area contributed by atoms with E-state index < -0.39 is 0 Å². The van der Waals surface area contributed by atoms with E-state index in [4.69, 9.17) is 0 Å². The predicted octanol–water partition coefficient (Wildman–Crippen LogP) is 2.11. The molecule has 5 nitrogen and oxygen atoms in total. The molecule has 0 spiro atoms. The normalized spacial score (nSPS) is 19.4. The maximum absolute atomic E-state index is 12.1. The van der Waals surface area contributed by atoms with E-state index in [0.717, 1.165) is 30.1 Å². The topological polar surface area (TPSA) is 65.5 Å². The standard InChI is InChI=1S/C14H23N3O2S/c1-14(2,3)11-9-20-12(16-11)7-15-13(19)17-6-4-5-10(17)8-18/h9-10,18H,4-8H2,1-3H3,(H,15,19). The van der Waals surface area contributed by atoms with E-state index in [2.05, 4.69) is 31.1 Å². The molecule has 1 saturated heterocycles. The minimum Gasteiger partial charge on any atom is -0.394 e. The maximum atomic E-state index is 12.1. The van der Waals surface area contributed by atoms with Crippen molar-refractivity contribution in [3.8, 4) is 0 Å². The highest BCUT2D eigenvalue weighted by molar-refractivity contribution is 7.09. The van der Waals surface area contributed by atoms with Gasteiger partial charge in [0.05, 0.1) is 24.9 Å². The van der Waals surface area contributed by atoms with Crippen LogP contribution in [0.2, 0.25) is 0 Å². The summed E-state index contributed by atoms with van der Waals surface area (Å²) in [6.07, 6.45) is 1.85. The third-order valence-electron chi connectivity index (χ3n) is 3.56. The predicted molar refractivity (Wildman–Crippen MR) is 79.9 cm³/mol. The Balaban J connectivity index is 1.89. The molecule has 0 aromatic carbocycles. The van der Waals surface area contributed by atoms with Crippen LogP contribution >= 0.6 is 11.3 Å². The Labute approximate surface area is 124 Å². The van der Waals surface area contributed by atoms with Gasteiger partial charge in [-0.2, -0.15) is 0 Å². The SMILES string of the molecule is CC(C)(C)c1csc(CNC(=O)N2CCCC2CO)n1. The number of rotatable bonds is 3. The van der Waals surface area contributed by atoms with Gasteiger partial charge in [0.2, 0.25) is 0 Å². The number of nitrogens with zero attached hydrogens (tertiary/aromatic N) is 2. The third kappa shape index (κ3) is 3.49. The minimum absolute atomic E-state index is 0.0311. The lowest BCUT2D eigenvalue weighted by Crippen LogP contribution is -2.43. The molecule has 1 atom stereocenters. The number of aromatic nitrogens is 1. The molecule has 2 heterocycles. The Bertz CT molecular complexity index is 467. The molecule has 6 heteroatoms. The van der Waals surface area contributed by atoms with Gasteiger partial charge in [0.1, 0.15) is 5.01 Å². The lowest BCUT2D eigenvalue weighted by atomic mass is 9.93. The van der Waals surface area contributed by atoms with Crippen molar-refractivity contribution in [1.82, 2.24) is 15.2 Å². The quantitative estimate of drug-likeness (QED) is 0.898. The zero-order chi connectivity index (χ0) is 14.8. The molecule has 0 saturated carbocycles. The van der Waals surface area contributed by atoms with Crippen LogP contribution in [-0.4, -0.2) is 40.2 Å². The molecular weight excluding hydrogens is 274 g/mol. The van der Waals surface area contributed by atoms with Gasteiger partial charge in [-0.25, -0.2) is 9.78 Å². The van der Waals surface area contributed by atoms with Gasteiger partial charge < -0.3 is 15.3 Å². The zero-order valence-electron chi connectivity index (χ0n) is 12.3. The summed E-state index contributed by atoms with van der Waals surface area (Å²) in [6, 6.07) is -0.134. The number of likely N-dealkylation sites (tertiary alicyclic amines) is 1. The summed E-state index contributed by atoms with van der Waals surface area (Å²) >= 11 is 1.57. The molecule has 112 valence electrons. The molecule has 0 bridgehead atoms. The third-order valence-corrected chi connectivity index (χ3v) is 4.41. The number of aliphatic hydroxyl groups is 1. The van der Waals surface area contributed by atoms with Gasteiger partial charge in [-0.3, -0.25) is 0 Å². The van der Waals surface area contributed by atoms with Crippen LogP contribution in [0.3, 0.4) is 0 Å². The van der Waals surface area contributed by atoms with Gasteiger partial charge in [-0.15, -0.1) is 11.3 Å². The number of thiazole rings is 1. The summed E-state index contributed by atoms with van der Waals surface area (Å²) in [6.45, 7) is 7.59. The van der Waals surface area contributed by atoms with Crippen molar-refractivity contribution in [3.05, 3.63) is 16.1 Å². The summed E-state index contributed by atoms with van der Waals surface area (Å²) in [5.41, 5.74) is 1.09. The number of hydrogen-bond donors (Lipinski definition) is 2. The van der Waals surface area contributed by atoms with Crippen molar-refractivity contribution < 1.29 is 9.90 Å². The average molecular weight is 297 g/mol. The Morgan fingerprint density at radius 1 is 1.60 bits per heavy atom. The number of nitrogens with one attached hydrogen (secondary N) is 1. The van der Waals surface area contributed by atoms with E-state index in [1.165, 1.54) is 0 Å². The Morgan fingerprint density at radius 2 is 2.35 bits per heavy atom. The van der Waals surface area contributed by atoms with Crippen molar-refractivity contribution in [2.45, 2.75) is 51.6 Å². The number of hydrogen-bond acceptors (Lipinski definition) is 4. The van der Waals surface area contributed by atoms with Crippen LogP contribution in [-0.2, 0) is 12.0 Å². The number of carbonyl (C=O) groups is 1. The summed E-state index contributed by atoms with van der Waals surface area (Å²) < 4.78 is 0. The lowest BCUT2D eigenvalue weighted by molar-refractivity contribution is 0.157. The first kappa shape index (κ1) is 15.3. The molecule has 2 rings (SSSR count). The molecule has 1 fully saturated rings. The molecule has 0 radical (unpaired) electrons. The Hall–Kier alpha value is -1.14. The van der Waals surface area contributed by atoms with Crippen molar-refractivity contribution in [1.29, 1.82) is 0 Å². The van der Waals surface area contributed by atoms with Gasteiger partial charge in [0.15, 0.2) is 0 Å². The van der Waals surface area contributed by atoms with Gasteiger partial charge in [-0.05, 0) is 12.8 Å². The minimum atomic E-state index is -0.103. The second-order valence-corrected chi connectivity index (χ2v) is 7.15. The Morgan fingerprint density at radius 3 is 2.95 bits per heavy atom. The first-order chi connectivity index (χ1) is 9.41. The fraction of sp³-hybridized carbons (Fsp3) is 0.714. The number of amides is 2. The molecule has 2 amide bonds. The van der Waals surface area contributed by atoms with Crippen molar-refractivity contribution in [3.63, 3.8) is 0 Å². The van der Waals surface area contributed by atoms with Crippen LogP contribution in [0.25, 0.3) is 0 Å². The van der Waals surface area contributed by atoms with Crippen molar-refractivity contribution in [2.24, 2.45) is 0 Å². The average Bonchev–Trinajstić information content (AvgIpc) is 3.03. The molecule has 0 aliphatic carbocycles. The lowest BCUT2D eigenvalue weighted by Gasteiger charge is -2.23. The second-order valence-electron chi connectivity index (χ2n) is 6.21. The van der Waals surface area contributed by atoms with Crippen LogP contribution in [0, 0.1) is 0 Å². The maximum Gasteiger partial charge on any atom is 0.318 e. The van der Waals surface area contributed by atoms with Gasteiger partial charge in [-0.1, -0.05) is 20.8 Å². The molecule has 1 unspecified atom stereocenters. The number of urea groups is 1. The molecule has 1 aromatic rings. The molecule has 20 heavy (non-hydrogen) atoms. The zero-order valence-corrected chi connectivity index (χ0v) is 13.2. The molecule has 1 aliphatic rings. The highest BCUT2D eigenvalue weighted by atomic mass is 32.1. The monoisotopic (exact) mass is 297 g/mol. The van der Waals surface area contributed by atoms with Gasteiger partial charge >= 0.3 is 6.03 Å². The molecule has 1 aliphatic heterocycles. The van der Waals surface area contributed by atoms with Gasteiger partial charge in [0, 0.05) is 17.3 Å². The molecule has 2 N–H and O–H groups in total. The summed E-state index contributed by atoms with van der Waals surface area (Å²) in [5, 5.41) is 15.1. The van der Waals surface area contributed by atoms with Crippen molar-refractivity contribution >= 4 is 17.4 Å². The summed E-state index contributed by atoms with van der Waals surface area (Å²) in [5.74, 6) is 0. The van der Waals surface area contributed by atoms with E-state index in [1.54, 1.807) is 16.2 Å². The van der Waals surface area contributed by atoms with Gasteiger partial charge in [0.25, 0.3) is 0 Å². The largest absolute Gasteiger partial charge is 0.394 e. The first-order valence-electron chi connectivity index (χ1n) is 7.02. The highest BCUT2D eigenvalue weighted by Gasteiger charge is 2.28. The fourth-order valence-electron chi connectivity index (χ4n) is 2.28. The highest BCUT2D eigenvalue weighted by Crippen LogP contribution is 2.24. The van der Waals surface area contributed by atoms with Crippen LogP contribution in [0.1, 0.15) is 44.3 Å². The van der Waals surface area contributed by atoms with Crippen LogP contribution < -0.4 is 5.32 Å². The summed E-state index contributed by atoms with van der Waals surface area (Å²) in [7, 11) is 0. The van der Waals surface area contributed by atoms with E-state index in [1.807, 2.05) is 5.38 Å². The van der Waals surface area contributed by atoms with Crippen LogP contribution in [0.4, 0.5) is 4.79 Å². The first-order valence-corrected chi connectivity index (χ1v) is 7.90. The van der Waals surface area contributed by atoms with E-state index >= 15 is 0 Å². The number of carbonyl (C=O) groups excluding carboxylic acids is 1. The van der Waals surface area contributed by atoms with Crippen LogP contribution in [0.15, 0.2) is 5.38 Å². The fourth-order valence-corrected chi connectivity index (χ4v) is 3.24. The van der Waals surface area contributed by atoms with E-state index in [0.29, 0.717) is 6.54 Å². The Kier molecular flexibility index (Phi) is 4.65. The van der Waals surface area contributed by atoms with Crippen molar-refractivity contribution in [2.75, 3.05) is 13.2 Å². The molecule has 1 aromatic heterocycles. The smallest absolute Gasteiger partial charge is 0.318 e.